The predicted molar refractivity (Wildman–Crippen MR) is 112 cm³/mol. The molecule has 0 bridgehead atoms. The fraction of sp³-hybridized carbons (Fsp3) is 0.130. The molecule has 0 radical (unpaired) electrons. The number of aryl methyl sites for hydroxylation is 1. The molecule has 1 atom stereocenters. The van der Waals surface area contributed by atoms with Crippen LogP contribution in [-0.2, 0) is 4.57 Å². The van der Waals surface area contributed by atoms with Gasteiger partial charge in [0.15, 0.2) is 0 Å². The topological polar surface area (TPSA) is 29.1 Å². The molecule has 0 fully saturated rings. The second-order valence-electron chi connectivity index (χ2n) is 6.40. The van der Waals surface area contributed by atoms with E-state index in [2.05, 4.69) is 42.9 Å². The molecule has 3 rings (SSSR count). The highest BCUT2D eigenvalue weighted by atomic mass is 31.2. The molecule has 1 N–H and O–H groups in total. The monoisotopic (exact) mass is 361 g/mol. The van der Waals surface area contributed by atoms with Crippen LogP contribution in [0.15, 0.2) is 97.6 Å². The summed E-state index contributed by atoms with van der Waals surface area (Å²) in [7, 11) is -2.99. The summed E-state index contributed by atoms with van der Waals surface area (Å²) in [4.78, 5) is 0. The number of hydrogen-bond donors (Lipinski definition) is 1. The molecule has 2 nitrogen and oxygen atoms in total. The first-order valence-corrected chi connectivity index (χ1v) is 10.5. The van der Waals surface area contributed by atoms with Gasteiger partial charge in [0.2, 0.25) is 7.29 Å². The van der Waals surface area contributed by atoms with Crippen molar-refractivity contribution in [2.45, 2.75) is 19.4 Å². The Labute approximate surface area is 156 Å². The lowest BCUT2D eigenvalue weighted by atomic mass is 10.0. The predicted octanol–water partition coefficient (Wildman–Crippen LogP) is 5.13. The van der Waals surface area contributed by atoms with Gasteiger partial charge in [-0.25, -0.2) is 0 Å². The first-order valence-electron chi connectivity index (χ1n) is 8.80. The van der Waals surface area contributed by atoms with Crippen molar-refractivity contribution in [2.75, 3.05) is 0 Å². The normalized spacial score (nSPS) is 12.5. The lowest BCUT2D eigenvalue weighted by Crippen LogP contribution is -2.30. The minimum atomic E-state index is -2.99. The standard InChI is InChI=1S/C23H24NOP/c1-3-10-23(20-17-15-19(2)16-18-20)24-26(25,21-11-6-4-7-12-21)22-13-8-5-9-14-22/h3-9,11-18,23H,1,10H2,2H3,(H,24,25)/t23-/m1/s1. The van der Waals surface area contributed by atoms with Gasteiger partial charge in [-0.05, 0) is 43.2 Å². The molecule has 0 saturated carbocycles. The minimum Gasteiger partial charge on any atom is -0.297 e. The van der Waals surface area contributed by atoms with Crippen molar-refractivity contribution in [2.24, 2.45) is 0 Å². The van der Waals surface area contributed by atoms with Gasteiger partial charge in [-0.15, -0.1) is 6.58 Å². The lowest BCUT2D eigenvalue weighted by molar-refractivity contribution is 0.561. The second kappa shape index (κ2) is 8.31. The maximum Gasteiger partial charge on any atom is 0.205 e. The highest BCUT2D eigenvalue weighted by Crippen LogP contribution is 2.42. The largest absolute Gasteiger partial charge is 0.297 e. The Morgan fingerprint density at radius 1 is 0.885 bits per heavy atom. The molecule has 3 aromatic rings. The SMILES string of the molecule is C=CC[C@@H](NP(=O)(c1ccccc1)c1ccccc1)c1ccc(C)cc1. The van der Waals surface area contributed by atoms with Crippen LogP contribution in [0, 0.1) is 6.92 Å². The highest BCUT2D eigenvalue weighted by Gasteiger charge is 2.30. The summed E-state index contributed by atoms with van der Waals surface area (Å²) < 4.78 is 14.2. The molecule has 0 amide bonds. The molecular weight excluding hydrogens is 337 g/mol. The van der Waals surface area contributed by atoms with Crippen LogP contribution in [-0.4, -0.2) is 0 Å². The maximum atomic E-state index is 14.2. The smallest absolute Gasteiger partial charge is 0.205 e. The van der Waals surface area contributed by atoms with Gasteiger partial charge in [-0.3, -0.25) is 9.65 Å². The number of nitrogens with one attached hydrogen (secondary N) is 1. The van der Waals surface area contributed by atoms with E-state index in [-0.39, 0.29) is 6.04 Å². The third-order valence-electron chi connectivity index (χ3n) is 4.46. The highest BCUT2D eigenvalue weighted by molar-refractivity contribution is 7.76. The number of rotatable bonds is 7. The van der Waals surface area contributed by atoms with E-state index >= 15 is 0 Å². The van der Waals surface area contributed by atoms with E-state index in [4.69, 9.17) is 0 Å². The number of hydrogen-bond acceptors (Lipinski definition) is 1. The Kier molecular flexibility index (Phi) is 5.88. The zero-order chi connectivity index (χ0) is 18.4. The van der Waals surface area contributed by atoms with Gasteiger partial charge in [0.05, 0.1) is 0 Å². The Morgan fingerprint density at radius 2 is 1.38 bits per heavy atom. The lowest BCUT2D eigenvalue weighted by Gasteiger charge is -2.27. The molecule has 0 aliphatic rings. The fourth-order valence-corrected chi connectivity index (χ4v) is 5.50. The molecule has 0 spiro atoms. The van der Waals surface area contributed by atoms with Gasteiger partial charge in [0, 0.05) is 16.7 Å². The Hall–Kier alpha value is -2.41. The number of benzene rings is 3. The molecule has 3 heteroatoms. The Balaban J connectivity index is 2.05. The molecular formula is C23H24NOP. The van der Waals surface area contributed by atoms with E-state index in [0.29, 0.717) is 6.42 Å². The van der Waals surface area contributed by atoms with E-state index in [1.165, 1.54) is 5.56 Å². The van der Waals surface area contributed by atoms with Crippen LogP contribution in [0.5, 0.6) is 0 Å². The van der Waals surface area contributed by atoms with Crippen molar-refractivity contribution in [3.8, 4) is 0 Å². The Bertz CT molecular complexity index is 845. The summed E-state index contributed by atoms with van der Waals surface area (Å²) in [6, 6.07) is 27.6. The van der Waals surface area contributed by atoms with E-state index in [1.807, 2.05) is 66.7 Å². The van der Waals surface area contributed by atoms with E-state index < -0.39 is 7.29 Å². The molecule has 0 unspecified atom stereocenters. The van der Waals surface area contributed by atoms with Crippen LogP contribution in [0.1, 0.15) is 23.6 Å². The van der Waals surface area contributed by atoms with E-state index in [0.717, 1.165) is 16.2 Å². The van der Waals surface area contributed by atoms with Crippen molar-refractivity contribution in [1.82, 2.24) is 5.09 Å². The van der Waals surface area contributed by atoms with Crippen LogP contribution in [0.4, 0.5) is 0 Å². The van der Waals surface area contributed by atoms with E-state index in [9.17, 15) is 4.57 Å². The van der Waals surface area contributed by atoms with Crippen LogP contribution in [0.3, 0.4) is 0 Å². The quantitative estimate of drug-likeness (QED) is 0.467. The van der Waals surface area contributed by atoms with Gasteiger partial charge in [0.25, 0.3) is 0 Å². The van der Waals surface area contributed by atoms with Crippen LogP contribution in [0.2, 0.25) is 0 Å². The maximum absolute atomic E-state index is 14.2. The van der Waals surface area contributed by atoms with Crippen molar-refractivity contribution in [1.29, 1.82) is 0 Å². The molecule has 0 saturated heterocycles. The third-order valence-corrected chi connectivity index (χ3v) is 7.19. The zero-order valence-corrected chi connectivity index (χ0v) is 15.9. The summed E-state index contributed by atoms with van der Waals surface area (Å²) in [5.74, 6) is 0. The minimum absolute atomic E-state index is 0.0701. The van der Waals surface area contributed by atoms with E-state index in [1.54, 1.807) is 0 Å². The molecule has 3 aromatic carbocycles. The fourth-order valence-electron chi connectivity index (χ4n) is 3.02. The zero-order valence-electron chi connectivity index (χ0n) is 15.0. The average molecular weight is 361 g/mol. The van der Waals surface area contributed by atoms with Crippen molar-refractivity contribution < 1.29 is 4.57 Å². The average Bonchev–Trinajstić information content (AvgIpc) is 2.69. The van der Waals surface area contributed by atoms with Gasteiger partial charge in [-0.1, -0.05) is 72.3 Å². The third kappa shape index (κ3) is 4.04. The second-order valence-corrected chi connectivity index (χ2v) is 8.91. The van der Waals surface area contributed by atoms with Gasteiger partial charge in [0.1, 0.15) is 0 Å². The molecule has 26 heavy (non-hydrogen) atoms. The van der Waals surface area contributed by atoms with Crippen molar-refractivity contribution in [3.63, 3.8) is 0 Å². The van der Waals surface area contributed by atoms with Gasteiger partial charge >= 0.3 is 0 Å². The summed E-state index contributed by atoms with van der Waals surface area (Å²) in [5, 5.41) is 5.11. The summed E-state index contributed by atoms with van der Waals surface area (Å²) in [6.07, 6.45) is 2.57. The first-order chi connectivity index (χ1) is 12.6. The summed E-state index contributed by atoms with van der Waals surface area (Å²) >= 11 is 0. The summed E-state index contributed by atoms with van der Waals surface area (Å²) in [5.41, 5.74) is 2.32. The molecule has 0 aliphatic carbocycles. The molecule has 0 aromatic heterocycles. The van der Waals surface area contributed by atoms with Crippen molar-refractivity contribution in [3.05, 3.63) is 109 Å². The summed E-state index contributed by atoms with van der Waals surface area (Å²) in [6.45, 7) is 5.96. The molecule has 0 aliphatic heterocycles. The Morgan fingerprint density at radius 3 is 1.85 bits per heavy atom. The van der Waals surface area contributed by atoms with Crippen molar-refractivity contribution >= 4 is 17.9 Å². The van der Waals surface area contributed by atoms with Gasteiger partial charge in [-0.2, -0.15) is 0 Å². The van der Waals surface area contributed by atoms with Crippen LogP contribution in [0.25, 0.3) is 0 Å². The first kappa shape index (κ1) is 18.4. The van der Waals surface area contributed by atoms with Gasteiger partial charge < -0.3 is 0 Å². The van der Waals surface area contributed by atoms with Crippen LogP contribution >= 0.6 is 7.29 Å². The van der Waals surface area contributed by atoms with Crippen LogP contribution < -0.4 is 15.7 Å². The molecule has 0 heterocycles. The molecule has 132 valence electrons.